The van der Waals surface area contributed by atoms with Gasteiger partial charge in [0.15, 0.2) is 12.0 Å². The fourth-order valence-electron chi connectivity index (χ4n) is 1.72. The summed E-state index contributed by atoms with van der Waals surface area (Å²) in [5, 5.41) is 8.88. The smallest absolute Gasteiger partial charge is 0.328 e. The van der Waals surface area contributed by atoms with Crippen molar-refractivity contribution in [3.8, 4) is 0 Å². The van der Waals surface area contributed by atoms with Crippen molar-refractivity contribution in [3.63, 3.8) is 0 Å². The average molecular weight is 243 g/mol. The second-order valence-electron chi connectivity index (χ2n) is 4.32. The van der Waals surface area contributed by atoms with E-state index in [1.165, 1.54) is 25.7 Å². The maximum Gasteiger partial charge on any atom is 0.328 e. The van der Waals surface area contributed by atoms with E-state index in [4.69, 9.17) is 16.6 Å². The lowest BCUT2D eigenvalue weighted by molar-refractivity contribution is -0.138. The van der Waals surface area contributed by atoms with Crippen LogP contribution < -0.4 is 11.5 Å². The molecule has 0 aromatic rings. The Hall–Kier alpha value is -1.26. The summed E-state index contributed by atoms with van der Waals surface area (Å²) >= 11 is 0. The van der Waals surface area contributed by atoms with Gasteiger partial charge in [-0.15, -0.1) is 0 Å². The lowest BCUT2D eigenvalue weighted by Gasteiger charge is -2.07. The van der Waals surface area contributed by atoms with Crippen LogP contribution in [0.25, 0.3) is 0 Å². The van der Waals surface area contributed by atoms with E-state index in [1.807, 2.05) is 0 Å². The summed E-state index contributed by atoms with van der Waals surface area (Å²) in [6.07, 6.45) is 8.61. The van der Waals surface area contributed by atoms with Gasteiger partial charge in [-0.1, -0.05) is 51.9 Å². The number of nitrogens with zero attached hydrogens (tertiary/aromatic N) is 1. The number of rotatable bonds is 10. The van der Waals surface area contributed by atoms with Gasteiger partial charge in [0.2, 0.25) is 0 Å². The van der Waals surface area contributed by atoms with E-state index in [9.17, 15) is 4.79 Å². The first kappa shape index (κ1) is 15.7. The number of carboxylic acids is 1. The number of unbranched alkanes of at least 4 members (excludes halogenated alkanes) is 6. The van der Waals surface area contributed by atoms with Crippen molar-refractivity contribution >= 4 is 11.9 Å². The number of aliphatic carboxylic acids is 1. The molecule has 0 fully saturated rings. The molecule has 17 heavy (non-hydrogen) atoms. The van der Waals surface area contributed by atoms with Crippen molar-refractivity contribution in [2.75, 3.05) is 0 Å². The van der Waals surface area contributed by atoms with E-state index >= 15 is 0 Å². The SMILES string of the molecule is CCCCCCCCCC(N=C(N)N)C(=O)O. The summed E-state index contributed by atoms with van der Waals surface area (Å²) in [5.74, 6) is -1.11. The fourth-order valence-corrected chi connectivity index (χ4v) is 1.72. The highest BCUT2D eigenvalue weighted by molar-refractivity contribution is 5.81. The van der Waals surface area contributed by atoms with Crippen LogP contribution in [0.15, 0.2) is 4.99 Å². The first-order valence-corrected chi connectivity index (χ1v) is 6.39. The lowest BCUT2D eigenvalue weighted by Crippen LogP contribution is -2.28. The Labute approximate surface area is 103 Å². The van der Waals surface area contributed by atoms with E-state index < -0.39 is 12.0 Å². The van der Waals surface area contributed by atoms with Crippen LogP contribution in [0.3, 0.4) is 0 Å². The second kappa shape index (κ2) is 9.93. The number of hydrogen-bond donors (Lipinski definition) is 3. The van der Waals surface area contributed by atoms with Crippen LogP contribution in [0, 0.1) is 0 Å². The van der Waals surface area contributed by atoms with Crippen LogP contribution in [-0.4, -0.2) is 23.1 Å². The molecule has 0 aromatic heterocycles. The van der Waals surface area contributed by atoms with E-state index in [0.717, 1.165) is 19.3 Å². The van der Waals surface area contributed by atoms with Gasteiger partial charge in [0.05, 0.1) is 0 Å². The summed E-state index contributed by atoms with van der Waals surface area (Å²) in [4.78, 5) is 14.5. The van der Waals surface area contributed by atoms with Crippen molar-refractivity contribution in [2.45, 2.75) is 64.3 Å². The van der Waals surface area contributed by atoms with Crippen molar-refractivity contribution in [2.24, 2.45) is 16.5 Å². The molecule has 5 heteroatoms. The normalized spacial score (nSPS) is 12.1. The molecule has 1 atom stereocenters. The van der Waals surface area contributed by atoms with Gasteiger partial charge in [0, 0.05) is 0 Å². The molecule has 0 aliphatic rings. The molecule has 0 heterocycles. The Morgan fingerprint density at radius 3 is 2.12 bits per heavy atom. The summed E-state index contributed by atoms with van der Waals surface area (Å²) in [5.41, 5.74) is 10.4. The van der Waals surface area contributed by atoms with E-state index in [1.54, 1.807) is 0 Å². The summed E-state index contributed by atoms with van der Waals surface area (Å²) < 4.78 is 0. The van der Waals surface area contributed by atoms with Gasteiger partial charge in [-0.05, 0) is 6.42 Å². The zero-order valence-corrected chi connectivity index (χ0v) is 10.7. The molecule has 0 amide bonds. The minimum atomic E-state index is -0.954. The van der Waals surface area contributed by atoms with Crippen LogP contribution in [0.2, 0.25) is 0 Å². The zero-order valence-electron chi connectivity index (χ0n) is 10.7. The highest BCUT2D eigenvalue weighted by Crippen LogP contribution is 2.11. The fraction of sp³-hybridized carbons (Fsp3) is 0.833. The maximum absolute atomic E-state index is 10.8. The standard InChI is InChI=1S/C12H25N3O2/c1-2-3-4-5-6-7-8-9-10(11(16)17)15-12(13)14/h10H,2-9H2,1H3,(H,16,17)(H4,13,14,15). The predicted molar refractivity (Wildman–Crippen MR) is 69.8 cm³/mol. The van der Waals surface area contributed by atoms with Crippen LogP contribution >= 0.6 is 0 Å². The van der Waals surface area contributed by atoms with Crippen molar-refractivity contribution < 1.29 is 9.90 Å². The Kier molecular flexibility index (Phi) is 9.19. The quantitative estimate of drug-likeness (QED) is 0.309. The molecule has 0 bridgehead atoms. The Bertz CT molecular complexity index is 238. The Morgan fingerprint density at radius 1 is 1.12 bits per heavy atom. The number of carboxylic acid groups (broad SMARTS) is 1. The maximum atomic E-state index is 10.8. The summed E-state index contributed by atoms with van der Waals surface area (Å²) in [7, 11) is 0. The van der Waals surface area contributed by atoms with Crippen LogP contribution in [0.5, 0.6) is 0 Å². The molecular formula is C12H25N3O2. The zero-order chi connectivity index (χ0) is 13.1. The summed E-state index contributed by atoms with van der Waals surface area (Å²) in [6.45, 7) is 2.19. The van der Waals surface area contributed by atoms with E-state index in [2.05, 4.69) is 11.9 Å². The molecule has 0 saturated carbocycles. The van der Waals surface area contributed by atoms with Crippen molar-refractivity contribution in [3.05, 3.63) is 0 Å². The van der Waals surface area contributed by atoms with Gasteiger partial charge in [-0.25, -0.2) is 9.79 Å². The third-order valence-corrected chi connectivity index (χ3v) is 2.67. The summed E-state index contributed by atoms with van der Waals surface area (Å²) in [6, 6.07) is -0.782. The third kappa shape index (κ3) is 9.66. The van der Waals surface area contributed by atoms with E-state index in [-0.39, 0.29) is 5.96 Å². The molecular weight excluding hydrogens is 218 g/mol. The molecule has 0 radical (unpaired) electrons. The minimum Gasteiger partial charge on any atom is -0.480 e. The number of carbonyl (C=O) groups is 1. The number of nitrogens with two attached hydrogens (primary N) is 2. The highest BCUT2D eigenvalue weighted by Gasteiger charge is 2.15. The third-order valence-electron chi connectivity index (χ3n) is 2.67. The van der Waals surface area contributed by atoms with Gasteiger partial charge >= 0.3 is 5.97 Å². The first-order chi connectivity index (χ1) is 8.07. The predicted octanol–water partition coefficient (Wildman–Crippen LogP) is 1.85. The van der Waals surface area contributed by atoms with Crippen LogP contribution in [0.4, 0.5) is 0 Å². The molecule has 0 spiro atoms. The topological polar surface area (TPSA) is 102 Å². The van der Waals surface area contributed by atoms with Gasteiger partial charge in [-0.3, -0.25) is 0 Å². The lowest BCUT2D eigenvalue weighted by atomic mass is 10.1. The Balaban J connectivity index is 3.62. The molecule has 0 aromatic carbocycles. The number of guanidine groups is 1. The average Bonchev–Trinajstić information content (AvgIpc) is 2.25. The van der Waals surface area contributed by atoms with Crippen LogP contribution in [-0.2, 0) is 4.79 Å². The second-order valence-corrected chi connectivity index (χ2v) is 4.32. The van der Waals surface area contributed by atoms with Gasteiger partial charge in [0.1, 0.15) is 0 Å². The molecule has 5 N–H and O–H groups in total. The molecule has 100 valence electrons. The molecule has 1 unspecified atom stereocenters. The molecule has 5 nitrogen and oxygen atoms in total. The van der Waals surface area contributed by atoms with Gasteiger partial charge < -0.3 is 16.6 Å². The van der Waals surface area contributed by atoms with E-state index in [0.29, 0.717) is 6.42 Å². The van der Waals surface area contributed by atoms with Crippen molar-refractivity contribution in [1.82, 2.24) is 0 Å². The highest BCUT2D eigenvalue weighted by atomic mass is 16.4. The Morgan fingerprint density at radius 2 is 1.65 bits per heavy atom. The molecule has 0 aliphatic heterocycles. The number of aliphatic imine (C=N–C) groups is 1. The minimum absolute atomic E-state index is 0.152. The van der Waals surface area contributed by atoms with Crippen molar-refractivity contribution in [1.29, 1.82) is 0 Å². The molecule has 0 aliphatic carbocycles. The monoisotopic (exact) mass is 243 g/mol. The van der Waals surface area contributed by atoms with Gasteiger partial charge in [0.25, 0.3) is 0 Å². The first-order valence-electron chi connectivity index (χ1n) is 6.39. The number of hydrogen-bond acceptors (Lipinski definition) is 2. The molecule has 0 saturated heterocycles. The largest absolute Gasteiger partial charge is 0.480 e. The molecule has 0 rings (SSSR count). The van der Waals surface area contributed by atoms with Crippen LogP contribution in [0.1, 0.15) is 58.3 Å². The van der Waals surface area contributed by atoms with Gasteiger partial charge in [-0.2, -0.15) is 0 Å².